The number of carbonyl (C=O) groups excluding carboxylic acids is 1. The van der Waals surface area contributed by atoms with Crippen molar-refractivity contribution in [2.24, 2.45) is 0 Å². The zero-order valence-electron chi connectivity index (χ0n) is 18.3. The molecule has 1 N–H and O–H groups in total. The Morgan fingerprint density at radius 3 is 2.47 bits per heavy atom. The maximum Gasteiger partial charge on any atom is 0.238 e. The Morgan fingerprint density at radius 1 is 1.07 bits per heavy atom. The van der Waals surface area contributed by atoms with E-state index in [1.807, 2.05) is 49.2 Å². The van der Waals surface area contributed by atoms with Gasteiger partial charge in [-0.3, -0.25) is 9.69 Å². The summed E-state index contributed by atoms with van der Waals surface area (Å²) in [5, 5.41) is 2.99. The largest absolute Gasteiger partial charge is 0.493 e. The number of benzene rings is 2. The van der Waals surface area contributed by atoms with Crippen LogP contribution in [0.5, 0.6) is 11.5 Å². The van der Waals surface area contributed by atoms with Crippen molar-refractivity contribution in [1.82, 2.24) is 4.90 Å². The first kappa shape index (κ1) is 22.0. The maximum absolute atomic E-state index is 12.5. The Kier molecular flexibility index (Phi) is 7.97. The Hall–Kier alpha value is -2.73. The summed E-state index contributed by atoms with van der Waals surface area (Å²) in [6, 6.07) is 14.0. The predicted octanol–water partition coefficient (Wildman–Crippen LogP) is 4.15. The fourth-order valence-electron chi connectivity index (χ4n) is 3.81. The minimum atomic E-state index is -0.0267. The zero-order valence-corrected chi connectivity index (χ0v) is 18.3. The van der Waals surface area contributed by atoms with Gasteiger partial charge in [0, 0.05) is 31.0 Å². The second-order valence-corrected chi connectivity index (χ2v) is 7.73. The summed E-state index contributed by atoms with van der Waals surface area (Å²) in [6.45, 7) is 5.73. The average molecular weight is 412 g/mol. The molecule has 1 aliphatic rings. The van der Waals surface area contributed by atoms with Crippen molar-refractivity contribution in [2.45, 2.75) is 32.7 Å². The molecule has 0 spiro atoms. The summed E-state index contributed by atoms with van der Waals surface area (Å²) in [5.74, 6) is 1.42. The first-order valence-corrected chi connectivity index (χ1v) is 10.7. The highest BCUT2D eigenvalue weighted by Gasteiger charge is 2.12. The Balaban J connectivity index is 1.50. The lowest BCUT2D eigenvalue weighted by Crippen LogP contribution is -2.30. The topological polar surface area (TPSA) is 54.0 Å². The van der Waals surface area contributed by atoms with Crippen molar-refractivity contribution in [2.75, 3.05) is 50.6 Å². The lowest BCUT2D eigenvalue weighted by Gasteiger charge is -2.28. The van der Waals surface area contributed by atoms with Gasteiger partial charge in [0.25, 0.3) is 0 Å². The van der Waals surface area contributed by atoms with Crippen LogP contribution in [0.25, 0.3) is 0 Å². The van der Waals surface area contributed by atoms with Gasteiger partial charge in [0.15, 0.2) is 11.5 Å². The summed E-state index contributed by atoms with van der Waals surface area (Å²) in [5.41, 5.74) is 3.13. The first-order valence-electron chi connectivity index (χ1n) is 10.7. The maximum atomic E-state index is 12.5. The van der Waals surface area contributed by atoms with E-state index in [9.17, 15) is 4.79 Å². The van der Waals surface area contributed by atoms with E-state index in [0.29, 0.717) is 25.4 Å². The van der Waals surface area contributed by atoms with E-state index in [1.165, 1.54) is 24.9 Å². The number of nitrogens with zero attached hydrogens (tertiary/aromatic N) is 2. The van der Waals surface area contributed by atoms with Gasteiger partial charge in [-0.25, -0.2) is 0 Å². The molecule has 0 bridgehead atoms. The van der Waals surface area contributed by atoms with Crippen molar-refractivity contribution in [3.63, 3.8) is 0 Å². The predicted molar refractivity (Wildman–Crippen MR) is 122 cm³/mol. The van der Waals surface area contributed by atoms with Gasteiger partial charge >= 0.3 is 0 Å². The van der Waals surface area contributed by atoms with E-state index in [-0.39, 0.29) is 5.91 Å². The van der Waals surface area contributed by atoms with Crippen LogP contribution in [0, 0.1) is 0 Å². The van der Waals surface area contributed by atoms with Crippen molar-refractivity contribution in [3.8, 4) is 11.5 Å². The molecule has 0 atom stereocenters. The van der Waals surface area contributed by atoms with Crippen molar-refractivity contribution in [1.29, 1.82) is 0 Å². The number of rotatable bonds is 9. The number of hydrogen-bond acceptors (Lipinski definition) is 5. The molecule has 2 aromatic rings. The van der Waals surface area contributed by atoms with Gasteiger partial charge in [0.2, 0.25) is 5.91 Å². The highest BCUT2D eigenvalue weighted by atomic mass is 16.5. The average Bonchev–Trinajstić information content (AvgIpc) is 2.76. The molecule has 30 heavy (non-hydrogen) atoms. The molecular weight excluding hydrogens is 378 g/mol. The molecule has 3 rings (SSSR count). The van der Waals surface area contributed by atoms with Crippen LogP contribution in [0.4, 0.5) is 11.4 Å². The highest BCUT2D eigenvalue weighted by molar-refractivity contribution is 5.92. The van der Waals surface area contributed by atoms with Crippen LogP contribution in [0.2, 0.25) is 0 Å². The number of hydrogen-bond donors (Lipinski definition) is 1. The second-order valence-electron chi connectivity index (χ2n) is 7.73. The summed E-state index contributed by atoms with van der Waals surface area (Å²) in [7, 11) is 3.57. The van der Waals surface area contributed by atoms with Crippen LogP contribution in [0.3, 0.4) is 0 Å². The smallest absolute Gasteiger partial charge is 0.238 e. The third kappa shape index (κ3) is 6.13. The number of likely N-dealkylation sites (N-methyl/N-ethyl adjacent to an activating group) is 1. The van der Waals surface area contributed by atoms with Crippen molar-refractivity contribution >= 4 is 17.3 Å². The van der Waals surface area contributed by atoms with Gasteiger partial charge in [0.05, 0.1) is 20.3 Å². The number of anilines is 2. The van der Waals surface area contributed by atoms with Crippen LogP contribution in [0.1, 0.15) is 31.7 Å². The normalized spacial score (nSPS) is 13.9. The molecule has 0 saturated carbocycles. The lowest BCUT2D eigenvalue weighted by molar-refractivity contribution is -0.117. The zero-order chi connectivity index (χ0) is 21.3. The molecule has 162 valence electrons. The third-order valence-corrected chi connectivity index (χ3v) is 5.27. The van der Waals surface area contributed by atoms with Gasteiger partial charge in [-0.1, -0.05) is 6.07 Å². The minimum absolute atomic E-state index is 0.0267. The molecule has 1 saturated heterocycles. The summed E-state index contributed by atoms with van der Waals surface area (Å²) < 4.78 is 11.0. The summed E-state index contributed by atoms with van der Waals surface area (Å²) in [6.07, 6.45) is 3.83. The van der Waals surface area contributed by atoms with Gasteiger partial charge in [-0.05, 0) is 75.2 Å². The first-order chi connectivity index (χ1) is 14.6. The van der Waals surface area contributed by atoms with E-state index in [0.717, 1.165) is 30.1 Å². The van der Waals surface area contributed by atoms with E-state index in [4.69, 9.17) is 9.47 Å². The Morgan fingerprint density at radius 2 is 1.80 bits per heavy atom. The molecule has 1 amide bonds. The number of nitrogens with one attached hydrogen (secondary N) is 1. The van der Waals surface area contributed by atoms with Gasteiger partial charge in [-0.2, -0.15) is 0 Å². The summed E-state index contributed by atoms with van der Waals surface area (Å²) >= 11 is 0. The number of methoxy groups -OCH3 is 1. The van der Waals surface area contributed by atoms with E-state index < -0.39 is 0 Å². The van der Waals surface area contributed by atoms with Gasteiger partial charge < -0.3 is 19.7 Å². The summed E-state index contributed by atoms with van der Waals surface area (Å²) in [4.78, 5) is 16.8. The highest BCUT2D eigenvalue weighted by Crippen LogP contribution is 2.28. The van der Waals surface area contributed by atoms with E-state index in [2.05, 4.69) is 22.3 Å². The van der Waals surface area contributed by atoms with Crippen LogP contribution < -0.4 is 19.7 Å². The van der Waals surface area contributed by atoms with Crippen LogP contribution in [-0.4, -0.2) is 51.2 Å². The van der Waals surface area contributed by atoms with Gasteiger partial charge in [0.1, 0.15) is 0 Å². The van der Waals surface area contributed by atoms with Crippen LogP contribution in [-0.2, 0) is 11.3 Å². The molecule has 1 aliphatic heterocycles. The number of carbonyl (C=O) groups is 1. The lowest BCUT2D eigenvalue weighted by atomic mass is 10.1. The standard InChI is InChI=1S/C24H33N3O3/c1-4-30-22-13-8-19(16-23(22)29-3)17-26(2)18-24(28)25-20-9-11-21(12-10-20)27-14-6-5-7-15-27/h8-13,16H,4-7,14-15,17-18H2,1-3H3,(H,25,28). The fourth-order valence-corrected chi connectivity index (χ4v) is 3.81. The molecule has 1 fully saturated rings. The van der Waals surface area contributed by atoms with Crippen LogP contribution in [0.15, 0.2) is 42.5 Å². The number of amides is 1. The molecule has 6 heteroatoms. The molecule has 0 aromatic heterocycles. The molecule has 0 radical (unpaired) electrons. The molecule has 1 heterocycles. The SMILES string of the molecule is CCOc1ccc(CN(C)CC(=O)Nc2ccc(N3CCCCC3)cc2)cc1OC. The fraction of sp³-hybridized carbons (Fsp3) is 0.458. The molecular formula is C24H33N3O3. The van der Waals surface area contributed by atoms with Crippen LogP contribution >= 0.6 is 0 Å². The van der Waals surface area contributed by atoms with E-state index >= 15 is 0 Å². The molecule has 2 aromatic carbocycles. The molecule has 0 aliphatic carbocycles. The van der Waals surface area contributed by atoms with E-state index in [1.54, 1.807) is 7.11 Å². The van der Waals surface area contributed by atoms with Gasteiger partial charge in [-0.15, -0.1) is 0 Å². The third-order valence-electron chi connectivity index (χ3n) is 5.27. The number of piperidine rings is 1. The minimum Gasteiger partial charge on any atom is -0.493 e. The Labute approximate surface area is 179 Å². The molecule has 6 nitrogen and oxygen atoms in total. The number of ether oxygens (including phenoxy) is 2. The molecule has 0 unspecified atom stereocenters. The quantitative estimate of drug-likeness (QED) is 0.672. The Bertz CT molecular complexity index is 817. The van der Waals surface area contributed by atoms with Crippen molar-refractivity contribution in [3.05, 3.63) is 48.0 Å². The monoisotopic (exact) mass is 411 g/mol. The second kappa shape index (κ2) is 10.9. The van der Waals surface area contributed by atoms with Crippen molar-refractivity contribution < 1.29 is 14.3 Å².